The molecule has 0 aliphatic carbocycles. The zero-order valence-corrected chi connectivity index (χ0v) is 10.7. The molecule has 0 amide bonds. The Bertz CT molecular complexity index is 683. The summed E-state index contributed by atoms with van der Waals surface area (Å²) in [6.45, 7) is 0. The molecule has 0 spiro atoms. The van der Waals surface area contributed by atoms with Gasteiger partial charge in [-0.05, 0) is 29.2 Å². The number of hydrogen-bond acceptors (Lipinski definition) is 4. The maximum atomic E-state index is 10.7. The van der Waals surface area contributed by atoms with Crippen LogP contribution in [-0.4, -0.2) is 10.1 Å². The number of nitro groups is 1. The summed E-state index contributed by atoms with van der Waals surface area (Å²) < 4.78 is 0. The van der Waals surface area contributed by atoms with E-state index in [0.29, 0.717) is 5.17 Å². The number of nitrogens with two attached hydrogens (primary N) is 1. The van der Waals surface area contributed by atoms with Crippen molar-refractivity contribution in [2.75, 3.05) is 0 Å². The van der Waals surface area contributed by atoms with E-state index in [1.54, 1.807) is 12.1 Å². The molecule has 0 bridgehead atoms. The van der Waals surface area contributed by atoms with Crippen LogP contribution in [0, 0.1) is 10.1 Å². The fourth-order valence-electron chi connectivity index (χ4n) is 2.04. The van der Waals surface area contributed by atoms with E-state index in [-0.39, 0.29) is 5.69 Å². The van der Waals surface area contributed by atoms with Gasteiger partial charge in [-0.3, -0.25) is 10.1 Å². The largest absolute Gasteiger partial charge is 0.379 e. The Morgan fingerprint density at radius 3 is 2.47 bits per heavy atom. The van der Waals surface area contributed by atoms with Crippen LogP contribution in [-0.2, 0) is 0 Å². The molecule has 1 unspecified atom stereocenters. The lowest BCUT2D eigenvalue weighted by atomic mass is 10.3. The molecule has 0 fully saturated rings. The molecular formula is C13H11N3O2S. The van der Waals surface area contributed by atoms with Crippen LogP contribution in [0.5, 0.6) is 0 Å². The summed E-state index contributed by atoms with van der Waals surface area (Å²) in [6.07, 6.45) is 0. The normalized spacial score (nSPS) is 18.7. The molecule has 2 aromatic rings. The van der Waals surface area contributed by atoms with Gasteiger partial charge in [0.25, 0.3) is 5.69 Å². The van der Waals surface area contributed by atoms with Gasteiger partial charge in [-0.2, -0.15) is 0 Å². The van der Waals surface area contributed by atoms with E-state index in [4.69, 9.17) is 5.73 Å². The second-order valence-corrected chi connectivity index (χ2v) is 6.19. The average molecular weight is 273 g/mol. The number of rotatable bonds is 2. The van der Waals surface area contributed by atoms with Gasteiger partial charge in [-0.25, -0.2) is 4.99 Å². The predicted molar refractivity (Wildman–Crippen MR) is 76.3 cm³/mol. The van der Waals surface area contributed by atoms with Gasteiger partial charge in [0.15, 0.2) is 0 Å². The smallest absolute Gasteiger partial charge is 0.269 e. The number of thiol groups is 1. The fourth-order valence-corrected chi connectivity index (χ4v) is 4.07. The van der Waals surface area contributed by atoms with Crippen molar-refractivity contribution in [3.63, 3.8) is 0 Å². The first kappa shape index (κ1) is 11.7. The van der Waals surface area contributed by atoms with Crippen molar-refractivity contribution in [2.45, 2.75) is 9.79 Å². The summed E-state index contributed by atoms with van der Waals surface area (Å²) in [5.41, 5.74) is 6.98. The summed E-state index contributed by atoms with van der Waals surface area (Å²) in [7, 11) is -0.844. The van der Waals surface area contributed by atoms with E-state index < -0.39 is 15.8 Å². The van der Waals surface area contributed by atoms with Gasteiger partial charge in [0.1, 0.15) is 5.17 Å². The molecule has 1 atom stereocenters. The Kier molecular flexibility index (Phi) is 2.72. The third-order valence-corrected chi connectivity index (χ3v) is 5.14. The number of amidine groups is 1. The minimum Gasteiger partial charge on any atom is -0.379 e. The van der Waals surface area contributed by atoms with E-state index in [1.807, 2.05) is 24.3 Å². The molecule has 0 radical (unpaired) electrons. The second kappa shape index (κ2) is 4.40. The lowest BCUT2D eigenvalue weighted by Crippen LogP contribution is -2.08. The van der Waals surface area contributed by atoms with E-state index >= 15 is 0 Å². The highest BCUT2D eigenvalue weighted by molar-refractivity contribution is 8.30. The van der Waals surface area contributed by atoms with Crippen LogP contribution in [0.15, 0.2) is 63.3 Å². The summed E-state index contributed by atoms with van der Waals surface area (Å²) in [4.78, 5) is 16.7. The van der Waals surface area contributed by atoms with E-state index in [0.717, 1.165) is 15.5 Å². The SMILES string of the molecule is NC1=Nc2ccccc2[SH]1c1ccc([N+](=O)[O-])cc1. The van der Waals surface area contributed by atoms with Gasteiger partial charge >= 0.3 is 0 Å². The van der Waals surface area contributed by atoms with Crippen molar-refractivity contribution in [3.05, 3.63) is 58.6 Å². The van der Waals surface area contributed by atoms with Gasteiger partial charge in [0.2, 0.25) is 0 Å². The van der Waals surface area contributed by atoms with Crippen molar-refractivity contribution in [2.24, 2.45) is 10.7 Å². The summed E-state index contributed by atoms with van der Waals surface area (Å²) in [5.74, 6) is 0. The number of fused-ring (bicyclic) bond motifs is 1. The van der Waals surface area contributed by atoms with Crippen molar-refractivity contribution in [1.29, 1.82) is 0 Å². The van der Waals surface area contributed by atoms with E-state index in [1.165, 1.54) is 12.1 Å². The van der Waals surface area contributed by atoms with Crippen LogP contribution < -0.4 is 5.73 Å². The molecule has 5 nitrogen and oxygen atoms in total. The maximum absolute atomic E-state index is 10.7. The average Bonchev–Trinajstić information content (AvgIpc) is 2.74. The van der Waals surface area contributed by atoms with Crippen LogP contribution >= 0.6 is 10.9 Å². The quantitative estimate of drug-likeness (QED) is 0.501. The molecular weight excluding hydrogens is 262 g/mol. The van der Waals surface area contributed by atoms with Gasteiger partial charge in [0.05, 0.1) is 10.6 Å². The van der Waals surface area contributed by atoms with Crippen molar-refractivity contribution >= 4 is 27.4 Å². The van der Waals surface area contributed by atoms with Crippen molar-refractivity contribution < 1.29 is 4.92 Å². The molecule has 2 aromatic carbocycles. The number of nitrogens with zero attached hydrogens (tertiary/aromatic N) is 2. The summed E-state index contributed by atoms with van der Waals surface area (Å²) in [6, 6.07) is 14.3. The highest BCUT2D eigenvalue weighted by Gasteiger charge is 2.23. The number of nitro benzene ring substituents is 1. The third-order valence-electron chi connectivity index (χ3n) is 2.91. The van der Waals surface area contributed by atoms with Crippen molar-refractivity contribution in [3.8, 4) is 0 Å². The lowest BCUT2D eigenvalue weighted by molar-refractivity contribution is -0.384. The third kappa shape index (κ3) is 1.96. The monoisotopic (exact) mass is 273 g/mol. The van der Waals surface area contributed by atoms with E-state index in [9.17, 15) is 10.1 Å². The van der Waals surface area contributed by atoms with Gasteiger partial charge in [-0.1, -0.05) is 12.1 Å². The molecule has 96 valence electrons. The minimum absolute atomic E-state index is 0.0849. The molecule has 1 heterocycles. The molecule has 0 saturated carbocycles. The maximum Gasteiger partial charge on any atom is 0.269 e. The first-order valence-electron chi connectivity index (χ1n) is 5.64. The molecule has 0 saturated heterocycles. The summed E-state index contributed by atoms with van der Waals surface area (Å²) >= 11 is 0. The van der Waals surface area contributed by atoms with Crippen LogP contribution in [0.4, 0.5) is 11.4 Å². The molecule has 2 N–H and O–H groups in total. The van der Waals surface area contributed by atoms with Crippen LogP contribution in [0.25, 0.3) is 0 Å². The molecule has 3 rings (SSSR count). The van der Waals surface area contributed by atoms with Gasteiger partial charge in [-0.15, -0.1) is 10.9 Å². The molecule has 1 aliphatic heterocycles. The number of non-ortho nitro benzene ring substituents is 1. The van der Waals surface area contributed by atoms with Gasteiger partial charge in [0, 0.05) is 17.0 Å². The van der Waals surface area contributed by atoms with E-state index in [2.05, 4.69) is 4.99 Å². The Balaban J connectivity index is 2.03. The Morgan fingerprint density at radius 1 is 1.11 bits per heavy atom. The zero-order valence-electron chi connectivity index (χ0n) is 9.85. The summed E-state index contributed by atoms with van der Waals surface area (Å²) in [5, 5.41) is 11.2. The zero-order chi connectivity index (χ0) is 13.4. The molecule has 0 aromatic heterocycles. The van der Waals surface area contributed by atoms with Crippen LogP contribution in [0.3, 0.4) is 0 Å². The first-order chi connectivity index (χ1) is 9.16. The van der Waals surface area contributed by atoms with Crippen LogP contribution in [0.1, 0.15) is 0 Å². The highest BCUT2D eigenvalue weighted by Crippen LogP contribution is 2.53. The lowest BCUT2D eigenvalue weighted by Gasteiger charge is -2.16. The second-order valence-electron chi connectivity index (χ2n) is 4.07. The Morgan fingerprint density at radius 2 is 1.79 bits per heavy atom. The number of aliphatic imine (C=N–C) groups is 1. The molecule has 19 heavy (non-hydrogen) atoms. The highest BCUT2D eigenvalue weighted by atomic mass is 32.2. The standard InChI is InChI=1S/C13H11N3O2S/c14-13-15-11-3-1-2-4-12(11)19(13)10-7-5-9(6-8-10)16(17)18/h1-8,19H,(H2,14,15). The molecule has 1 aliphatic rings. The first-order valence-corrected chi connectivity index (χ1v) is 6.99. The predicted octanol–water partition coefficient (Wildman–Crippen LogP) is 2.97. The van der Waals surface area contributed by atoms with Gasteiger partial charge < -0.3 is 5.73 Å². The number of hydrogen-bond donors (Lipinski definition) is 2. The number of para-hydroxylation sites is 1. The fraction of sp³-hybridized carbons (Fsp3) is 0. The molecule has 6 heteroatoms. The topological polar surface area (TPSA) is 81.5 Å². The minimum atomic E-state index is -0.844. The van der Waals surface area contributed by atoms with Crippen molar-refractivity contribution in [1.82, 2.24) is 0 Å². The Labute approximate surface area is 112 Å². The van der Waals surface area contributed by atoms with Crippen LogP contribution in [0.2, 0.25) is 0 Å². The number of benzene rings is 2. The Hall–Kier alpha value is -2.34.